The maximum absolute atomic E-state index is 13.2. The van der Waals surface area contributed by atoms with Gasteiger partial charge in [0.2, 0.25) is 0 Å². The molecule has 1 aliphatic carbocycles. The van der Waals surface area contributed by atoms with E-state index in [1.807, 2.05) is 6.92 Å². The van der Waals surface area contributed by atoms with E-state index in [0.717, 1.165) is 56.1 Å². The Hall–Kier alpha value is -2.08. The molecule has 3 heterocycles. The maximum atomic E-state index is 13.2. The molecule has 2 aromatic rings. The average molecular weight is 403 g/mol. The summed E-state index contributed by atoms with van der Waals surface area (Å²) in [4.78, 5) is 25.5. The number of benzene rings is 1. The van der Waals surface area contributed by atoms with Gasteiger partial charge in [-0.2, -0.15) is 0 Å². The predicted octanol–water partition coefficient (Wildman–Crippen LogP) is 5.18. The van der Waals surface area contributed by atoms with Crippen molar-refractivity contribution >= 4 is 23.1 Å². The first-order chi connectivity index (χ1) is 13.8. The molecule has 2 aliphatic rings. The molecular formula is C23H31O6+. The molecule has 1 saturated carbocycles. The molecule has 1 aliphatic heterocycles. The summed E-state index contributed by atoms with van der Waals surface area (Å²) < 4.78 is 18.3. The van der Waals surface area contributed by atoms with Crippen LogP contribution in [0.1, 0.15) is 117 Å². The van der Waals surface area contributed by atoms with Gasteiger partial charge in [0.05, 0.1) is 12.2 Å². The lowest BCUT2D eigenvalue weighted by molar-refractivity contribution is -0.0186. The van der Waals surface area contributed by atoms with Crippen molar-refractivity contribution in [3.8, 4) is 0 Å². The Bertz CT molecular complexity index is 917. The molecule has 2 unspecified atom stereocenters. The predicted molar refractivity (Wildman–Crippen MR) is 109 cm³/mol. The van der Waals surface area contributed by atoms with Gasteiger partial charge in [0, 0.05) is 15.9 Å². The van der Waals surface area contributed by atoms with Crippen LogP contribution in [-0.4, -0.2) is 22.6 Å². The van der Waals surface area contributed by atoms with Gasteiger partial charge >= 0.3 is 11.9 Å². The summed E-state index contributed by atoms with van der Waals surface area (Å²) in [5.41, 5.74) is 2.17. The lowest BCUT2D eigenvalue weighted by atomic mass is 9.90. The van der Waals surface area contributed by atoms with Crippen LogP contribution >= 0.6 is 0 Å². The Kier molecular flexibility index (Phi) is 5.09. The first-order valence-corrected chi connectivity index (χ1v) is 10.9. The Morgan fingerprint density at radius 1 is 1.14 bits per heavy atom. The van der Waals surface area contributed by atoms with Crippen LogP contribution in [0.3, 0.4) is 0 Å². The van der Waals surface area contributed by atoms with Crippen LogP contribution in [0, 0.1) is 5.92 Å². The fourth-order valence-corrected chi connectivity index (χ4v) is 5.14. The van der Waals surface area contributed by atoms with Crippen LogP contribution in [0.15, 0.2) is 4.42 Å². The zero-order valence-corrected chi connectivity index (χ0v) is 17.7. The van der Waals surface area contributed by atoms with Crippen molar-refractivity contribution in [2.45, 2.75) is 90.4 Å². The third-order valence-corrected chi connectivity index (χ3v) is 6.66. The fraction of sp³-hybridized carbons (Fsp3) is 0.652. The number of carbonyl (C=O) groups excluding carboxylic acids is 2. The number of furan rings is 2. The number of fused-ring (bicyclic) bond motifs is 5. The van der Waals surface area contributed by atoms with Crippen molar-refractivity contribution < 1.29 is 28.6 Å². The second kappa shape index (κ2) is 7.31. The summed E-state index contributed by atoms with van der Waals surface area (Å²) >= 11 is 0. The van der Waals surface area contributed by atoms with Gasteiger partial charge in [0.1, 0.15) is 16.7 Å². The van der Waals surface area contributed by atoms with Crippen molar-refractivity contribution in [3.63, 3.8) is 0 Å². The highest BCUT2D eigenvalue weighted by Crippen LogP contribution is 2.54. The second-order valence-electron chi connectivity index (χ2n) is 8.88. The van der Waals surface area contributed by atoms with Gasteiger partial charge in [-0.05, 0) is 44.4 Å². The molecule has 2 atom stereocenters. The summed E-state index contributed by atoms with van der Waals surface area (Å²) in [7, 11) is 0. The minimum Gasteiger partial charge on any atom is -0.561 e. The molecule has 6 nitrogen and oxygen atoms in total. The molecular weight excluding hydrogens is 372 g/mol. The molecule has 0 radical (unpaired) electrons. The molecule has 158 valence electrons. The first kappa shape index (κ1) is 20.2. The van der Waals surface area contributed by atoms with Crippen molar-refractivity contribution in [1.29, 1.82) is 0 Å². The van der Waals surface area contributed by atoms with Gasteiger partial charge in [-0.15, -0.1) is 0 Å². The summed E-state index contributed by atoms with van der Waals surface area (Å²) in [5, 5.41) is 7.80. The van der Waals surface area contributed by atoms with E-state index >= 15 is 0 Å². The standard InChI is InChI=1S/C23H30O6/c1-5-9-13-14-15(18(27-13)12(3)4)20-17(16(21(24)25)19(14)28-20)22(26)29-23(6-2)10-7-8-11-23/h12-13,18H,5-11H2,1-4H3,(H,24,25)/p+1. The van der Waals surface area contributed by atoms with Crippen LogP contribution in [0.5, 0.6) is 0 Å². The molecule has 0 saturated heterocycles. The molecule has 1 fully saturated rings. The van der Waals surface area contributed by atoms with Gasteiger partial charge in [-0.25, -0.2) is 4.79 Å². The molecule has 0 spiro atoms. The third kappa shape index (κ3) is 3.03. The van der Waals surface area contributed by atoms with E-state index in [0.29, 0.717) is 11.2 Å². The molecule has 2 bridgehead atoms. The van der Waals surface area contributed by atoms with Crippen LogP contribution in [0.25, 0.3) is 11.2 Å². The molecule has 29 heavy (non-hydrogen) atoms. The van der Waals surface area contributed by atoms with E-state index in [1.54, 1.807) is 0 Å². The Balaban J connectivity index is 1.83. The number of esters is 1. The summed E-state index contributed by atoms with van der Waals surface area (Å²) in [6.45, 7) is 8.25. The van der Waals surface area contributed by atoms with Gasteiger partial charge in [-0.1, -0.05) is 34.1 Å². The summed E-state index contributed by atoms with van der Waals surface area (Å²) in [6.07, 6.45) is 5.86. The molecule has 4 rings (SSSR count). The smallest absolute Gasteiger partial charge is 0.554 e. The fourth-order valence-electron chi connectivity index (χ4n) is 5.14. The van der Waals surface area contributed by atoms with E-state index in [2.05, 4.69) is 20.8 Å². The molecule has 2 aromatic heterocycles. The number of ether oxygens (including phenoxy) is 2. The van der Waals surface area contributed by atoms with Gasteiger partial charge in [0.25, 0.3) is 0 Å². The van der Waals surface area contributed by atoms with Crippen molar-refractivity contribution in [1.82, 2.24) is 0 Å². The van der Waals surface area contributed by atoms with E-state index < -0.39 is 17.5 Å². The molecule has 6 heteroatoms. The van der Waals surface area contributed by atoms with Gasteiger partial charge < -0.3 is 19.0 Å². The van der Waals surface area contributed by atoms with Crippen LogP contribution in [0.4, 0.5) is 0 Å². The summed E-state index contributed by atoms with van der Waals surface area (Å²) in [5.74, 6) is -1.25. The van der Waals surface area contributed by atoms with E-state index in [1.165, 1.54) is 0 Å². The zero-order chi connectivity index (χ0) is 20.9. The topological polar surface area (TPSA) is 88.6 Å². The van der Waals surface area contributed by atoms with E-state index in [4.69, 9.17) is 19.0 Å². The minimum absolute atomic E-state index is 0.0436. The van der Waals surface area contributed by atoms with E-state index in [-0.39, 0.29) is 29.3 Å². The number of rotatable bonds is 7. The van der Waals surface area contributed by atoms with Gasteiger partial charge in [-0.3, -0.25) is 0 Å². The van der Waals surface area contributed by atoms with Crippen molar-refractivity contribution in [2.75, 3.05) is 0 Å². The van der Waals surface area contributed by atoms with Crippen molar-refractivity contribution in [3.05, 3.63) is 22.3 Å². The number of hydrogen-bond donors (Lipinski definition) is 0. The molecule has 0 amide bonds. The Morgan fingerprint density at radius 2 is 1.79 bits per heavy atom. The highest BCUT2D eigenvalue weighted by molar-refractivity contribution is 6.14. The van der Waals surface area contributed by atoms with Crippen LogP contribution in [-0.2, 0) is 9.47 Å². The first-order valence-electron chi connectivity index (χ1n) is 10.9. The van der Waals surface area contributed by atoms with E-state index in [9.17, 15) is 9.59 Å². The zero-order valence-electron chi connectivity index (χ0n) is 17.7. The average Bonchev–Trinajstić information content (AvgIpc) is 3.42. The van der Waals surface area contributed by atoms with Crippen LogP contribution < -0.4 is 0 Å². The lowest BCUT2D eigenvalue weighted by Crippen LogP contribution is -2.31. The SMILES string of the molecule is CCCC1OC(C(C)C)c2c1c1oc2c(C(=O)OC2(CC)CCCC2)c1C(=O)[OH2+]. The molecule has 0 aromatic carbocycles. The Morgan fingerprint density at radius 3 is 2.34 bits per heavy atom. The maximum Gasteiger partial charge on any atom is 0.554 e. The number of carbonyl (C=O) groups is 2. The summed E-state index contributed by atoms with van der Waals surface area (Å²) in [6, 6.07) is 0. The highest BCUT2D eigenvalue weighted by Gasteiger charge is 2.48. The second-order valence-corrected chi connectivity index (χ2v) is 8.88. The quantitative estimate of drug-likeness (QED) is 0.469. The minimum atomic E-state index is -0.909. The van der Waals surface area contributed by atoms with Crippen molar-refractivity contribution in [2.24, 2.45) is 5.92 Å². The lowest BCUT2D eigenvalue weighted by Gasteiger charge is -2.27. The largest absolute Gasteiger partial charge is 0.561 e. The Labute approximate surface area is 170 Å². The van der Waals surface area contributed by atoms with Crippen LogP contribution in [0.2, 0.25) is 0 Å². The molecule has 2 N–H and O–H groups in total. The normalized spacial score (nSPS) is 23.2. The monoisotopic (exact) mass is 403 g/mol. The van der Waals surface area contributed by atoms with Gasteiger partial charge in [0.15, 0.2) is 11.1 Å². The third-order valence-electron chi connectivity index (χ3n) is 6.66. The number of hydrogen-bond acceptors (Lipinski definition) is 5. The highest BCUT2D eigenvalue weighted by atomic mass is 16.6.